The summed E-state index contributed by atoms with van der Waals surface area (Å²) < 4.78 is 19.5. The van der Waals surface area contributed by atoms with Crippen LogP contribution in [0.3, 0.4) is 0 Å². The summed E-state index contributed by atoms with van der Waals surface area (Å²) >= 11 is 0. The summed E-state index contributed by atoms with van der Waals surface area (Å²) in [6.07, 6.45) is 8.24. The van der Waals surface area contributed by atoms with Crippen molar-refractivity contribution in [3.05, 3.63) is 53.8 Å². The van der Waals surface area contributed by atoms with Crippen molar-refractivity contribution >= 4 is 5.71 Å². The second kappa shape index (κ2) is 9.51. The van der Waals surface area contributed by atoms with Crippen molar-refractivity contribution in [2.75, 3.05) is 13.2 Å². The molecule has 0 saturated carbocycles. The molecule has 0 spiro atoms. The molecule has 0 fully saturated rings. The van der Waals surface area contributed by atoms with Gasteiger partial charge in [0.15, 0.2) is 0 Å². The van der Waals surface area contributed by atoms with Gasteiger partial charge in [0.1, 0.15) is 11.6 Å². The fraction of sp³-hybridized carbons (Fsp3) is 0.435. The maximum atomic E-state index is 13.5. The van der Waals surface area contributed by atoms with E-state index in [-0.39, 0.29) is 5.82 Å². The predicted molar refractivity (Wildman–Crippen MR) is 107 cm³/mol. The average molecular weight is 353 g/mol. The molecule has 3 rings (SSSR count). The third-order valence-corrected chi connectivity index (χ3v) is 4.83. The minimum Gasteiger partial charge on any atom is -0.493 e. The Morgan fingerprint density at radius 1 is 1.00 bits per heavy atom. The van der Waals surface area contributed by atoms with Gasteiger partial charge in [-0.1, -0.05) is 50.8 Å². The van der Waals surface area contributed by atoms with Crippen LogP contribution >= 0.6 is 0 Å². The topological polar surface area (TPSA) is 21.6 Å². The zero-order valence-electron chi connectivity index (χ0n) is 15.6. The number of aliphatic imine (C=N–C) groups is 1. The van der Waals surface area contributed by atoms with Gasteiger partial charge < -0.3 is 4.74 Å². The van der Waals surface area contributed by atoms with Gasteiger partial charge >= 0.3 is 0 Å². The zero-order chi connectivity index (χ0) is 18.2. The Kier molecular flexibility index (Phi) is 6.82. The number of halogens is 1. The first-order valence-corrected chi connectivity index (χ1v) is 9.84. The minimum atomic E-state index is -0.219. The molecule has 2 aromatic carbocycles. The Bertz CT molecular complexity index is 754. The van der Waals surface area contributed by atoms with Crippen LogP contribution in [-0.4, -0.2) is 18.9 Å². The smallest absolute Gasteiger partial charge is 0.128 e. The summed E-state index contributed by atoms with van der Waals surface area (Å²) in [6.45, 7) is 3.83. The van der Waals surface area contributed by atoms with Crippen LogP contribution in [0.5, 0.6) is 5.75 Å². The molecule has 2 nitrogen and oxygen atoms in total. The number of benzene rings is 2. The van der Waals surface area contributed by atoms with Crippen molar-refractivity contribution in [2.24, 2.45) is 4.99 Å². The molecule has 0 aliphatic carbocycles. The second-order valence-corrected chi connectivity index (χ2v) is 6.92. The second-order valence-electron chi connectivity index (χ2n) is 6.92. The highest BCUT2D eigenvalue weighted by molar-refractivity contribution is 6.03. The molecule has 0 amide bonds. The molecule has 3 heteroatoms. The van der Waals surface area contributed by atoms with Crippen molar-refractivity contribution in [3.8, 4) is 16.9 Å². The summed E-state index contributed by atoms with van der Waals surface area (Å²) in [5, 5.41) is 0. The number of unbranched alkanes of at least 4 members (excludes halogenated alkanes) is 4. The highest BCUT2D eigenvalue weighted by Crippen LogP contribution is 2.31. The lowest BCUT2D eigenvalue weighted by atomic mass is 9.99. The van der Waals surface area contributed by atoms with Gasteiger partial charge in [0.25, 0.3) is 0 Å². The zero-order valence-corrected chi connectivity index (χ0v) is 15.6. The summed E-state index contributed by atoms with van der Waals surface area (Å²) in [5.74, 6) is 0.651. The molecule has 0 saturated heterocycles. The fourth-order valence-corrected chi connectivity index (χ4v) is 3.38. The van der Waals surface area contributed by atoms with Gasteiger partial charge in [-0.25, -0.2) is 4.39 Å². The number of hydrogen-bond acceptors (Lipinski definition) is 2. The standard InChI is InChI=1S/C23H28FNO/c1-2-3-4-5-6-14-25-22-11-8-15-26-23-17-19(12-13-21(22)23)18-9-7-10-20(24)16-18/h7,9-10,12-13,16-17H,2-6,8,11,14-15H2,1H3. The Balaban J connectivity index is 1.76. The van der Waals surface area contributed by atoms with Crippen LogP contribution in [0.1, 0.15) is 57.4 Å². The minimum absolute atomic E-state index is 0.219. The Labute approximate surface area is 156 Å². The van der Waals surface area contributed by atoms with Gasteiger partial charge in [0.2, 0.25) is 0 Å². The van der Waals surface area contributed by atoms with Crippen LogP contribution in [0, 0.1) is 5.82 Å². The Hall–Kier alpha value is -2.16. The van der Waals surface area contributed by atoms with E-state index in [0.717, 1.165) is 54.0 Å². The van der Waals surface area contributed by atoms with E-state index in [0.29, 0.717) is 6.61 Å². The molecule has 1 aliphatic heterocycles. The Morgan fingerprint density at radius 2 is 1.85 bits per heavy atom. The quantitative estimate of drug-likeness (QED) is 0.526. The number of rotatable bonds is 7. The van der Waals surface area contributed by atoms with Gasteiger partial charge in [-0.05, 0) is 54.7 Å². The molecule has 0 atom stereocenters. The summed E-state index contributed by atoms with van der Waals surface area (Å²) in [7, 11) is 0. The SMILES string of the molecule is CCCCCCCN=C1CCCOc2cc(-c3cccc(F)c3)ccc21. The van der Waals surface area contributed by atoms with E-state index < -0.39 is 0 Å². The van der Waals surface area contributed by atoms with E-state index in [2.05, 4.69) is 13.0 Å². The van der Waals surface area contributed by atoms with E-state index in [9.17, 15) is 4.39 Å². The number of nitrogens with zero attached hydrogens (tertiary/aromatic N) is 1. The van der Waals surface area contributed by atoms with E-state index in [4.69, 9.17) is 9.73 Å². The van der Waals surface area contributed by atoms with Crippen LogP contribution < -0.4 is 4.74 Å². The van der Waals surface area contributed by atoms with Gasteiger partial charge in [-0.15, -0.1) is 0 Å². The van der Waals surface area contributed by atoms with E-state index in [1.165, 1.54) is 31.7 Å². The molecule has 1 heterocycles. The summed E-state index contributed by atoms with van der Waals surface area (Å²) in [4.78, 5) is 4.88. The lowest BCUT2D eigenvalue weighted by Crippen LogP contribution is -2.02. The van der Waals surface area contributed by atoms with Gasteiger partial charge in [-0.3, -0.25) is 4.99 Å². The van der Waals surface area contributed by atoms with Crippen molar-refractivity contribution in [3.63, 3.8) is 0 Å². The lowest BCUT2D eigenvalue weighted by Gasteiger charge is -2.11. The van der Waals surface area contributed by atoms with Gasteiger partial charge in [0.05, 0.1) is 6.61 Å². The third kappa shape index (κ3) is 4.94. The molecule has 0 aromatic heterocycles. The van der Waals surface area contributed by atoms with Crippen molar-refractivity contribution in [2.45, 2.75) is 51.9 Å². The molecular formula is C23H28FNO. The fourth-order valence-electron chi connectivity index (χ4n) is 3.38. The number of hydrogen-bond donors (Lipinski definition) is 0. The molecule has 2 aromatic rings. The first kappa shape index (κ1) is 18.6. The van der Waals surface area contributed by atoms with Crippen LogP contribution in [-0.2, 0) is 0 Å². The lowest BCUT2D eigenvalue weighted by molar-refractivity contribution is 0.318. The van der Waals surface area contributed by atoms with E-state index >= 15 is 0 Å². The number of fused-ring (bicyclic) bond motifs is 1. The first-order chi connectivity index (χ1) is 12.8. The van der Waals surface area contributed by atoms with Crippen molar-refractivity contribution in [1.82, 2.24) is 0 Å². The van der Waals surface area contributed by atoms with Crippen LogP contribution in [0.2, 0.25) is 0 Å². The molecule has 1 aliphatic rings. The number of ether oxygens (including phenoxy) is 1. The van der Waals surface area contributed by atoms with Gasteiger partial charge in [0, 0.05) is 17.8 Å². The largest absolute Gasteiger partial charge is 0.493 e. The molecule has 138 valence electrons. The molecule has 0 bridgehead atoms. The molecule has 0 radical (unpaired) electrons. The molecular weight excluding hydrogens is 325 g/mol. The van der Waals surface area contributed by atoms with E-state index in [1.54, 1.807) is 12.1 Å². The van der Waals surface area contributed by atoms with Gasteiger partial charge in [-0.2, -0.15) is 0 Å². The van der Waals surface area contributed by atoms with Crippen LogP contribution in [0.25, 0.3) is 11.1 Å². The molecule has 0 N–H and O–H groups in total. The van der Waals surface area contributed by atoms with Crippen molar-refractivity contribution in [1.29, 1.82) is 0 Å². The van der Waals surface area contributed by atoms with Crippen LogP contribution in [0.15, 0.2) is 47.5 Å². The maximum Gasteiger partial charge on any atom is 0.128 e. The summed E-state index contributed by atoms with van der Waals surface area (Å²) in [5.41, 5.74) is 4.09. The van der Waals surface area contributed by atoms with Crippen LogP contribution in [0.4, 0.5) is 4.39 Å². The normalized spacial score (nSPS) is 15.4. The predicted octanol–water partition coefficient (Wildman–Crippen LogP) is 6.42. The Morgan fingerprint density at radius 3 is 2.69 bits per heavy atom. The highest BCUT2D eigenvalue weighted by atomic mass is 19.1. The first-order valence-electron chi connectivity index (χ1n) is 9.84. The monoisotopic (exact) mass is 353 g/mol. The highest BCUT2D eigenvalue weighted by Gasteiger charge is 2.16. The van der Waals surface area contributed by atoms with E-state index in [1.807, 2.05) is 18.2 Å². The third-order valence-electron chi connectivity index (χ3n) is 4.83. The summed E-state index contributed by atoms with van der Waals surface area (Å²) in [6, 6.07) is 12.8. The van der Waals surface area contributed by atoms with Crippen molar-refractivity contribution < 1.29 is 9.13 Å². The maximum absolute atomic E-state index is 13.5. The molecule has 0 unspecified atom stereocenters. The average Bonchev–Trinajstić information content (AvgIpc) is 2.86. The molecule has 26 heavy (non-hydrogen) atoms.